The van der Waals surface area contributed by atoms with Crippen LogP contribution in [0.5, 0.6) is 5.75 Å². The predicted octanol–water partition coefficient (Wildman–Crippen LogP) is 4.96. The van der Waals surface area contributed by atoms with Crippen LogP contribution in [-0.4, -0.2) is 48.6 Å². The SMILES string of the molecule is CCOc1ccc2nc(N(CCN(CC)CC)C(=O)c3ccc(F)c(F)c3)sc2c1. The van der Waals surface area contributed by atoms with Gasteiger partial charge in [-0.2, -0.15) is 0 Å². The average Bonchev–Trinajstić information content (AvgIpc) is 3.16. The summed E-state index contributed by atoms with van der Waals surface area (Å²) in [6.45, 7) is 9.30. The summed E-state index contributed by atoms with van der Waals surface area (Å²) < 4.78 is 33.5. The molecule has 0 unspecified atom stereocenters. The summed E-state index contributed by atoms with van der Waals surface area (Å²) in [6.07, 6.45) is 0. The molecule has 0 aliphatic carbocycles. The van der Waals surface area contributed by atoms with E-state index >= 15 is 0 Å². The van der Waals surface area contributed by atoms with E-state index in [-0.39, 0.29) is 5.56 Å². The maximum absolute atomic E-state index is 13.7. The molecule has 8 heteroatoms. The summed E-state index contributed by atoms with van der Waals surface area (Å²) in [4.78, 5) is 21.5. The van der Waals surface area contributed by atoms with Gasteiger partial charge < -0.3 is 9.64 Å². The van der Waals surface area contributed by atoms with E-state index in [4.69, 9.17) is 4.74 Å². The number of carbonyl (C=O) groups is 1. The van der Waals surface area contributed by atoms with Crippen molar-refractivity contribution in [3.63, 3.8) is 0 Å². The number of ether oxygens (including phenoxy) is 1. The second-order valence-corrected chi connectivity index (χ2v) is 7.68. The number of amides is 1. The molecule has 0 fully saturated rings. The van der Waals surface area contributed by atoms with Gasteiger partial charge in [0.1, 0.15) is 5.75 Å². The van der Waals surface area contributed by atoms with Gasteiger partial charge in [0.15, 0.2) is 16.8 Å². The second-order valence-electron chi connectivity index (χ2n) is 6.67. The summed E-state index contributed by atoms with van der Waals surface area (Å²) in [6, 6.07) is 8.79. The van der Waals surface area contributed by atoms with Gasteiger partial charge in [0, 0.05) is 18.7 Å². The third kappa shape index (κ3) is 4.94. The minimum absolute atomic E-state index is 0.0858. The molecule has 30 heavy (non-hydrogen) atoms. The summed E-state index contributed by atoms with van der Waals surface area (Å²) >= 11 is 1.37. The summed E-state index contributed by atoms with van der Waals surface area (Å²) in [5, 5.41) is 0.514. The lowest BCUT2D eigenvalue weighted by Gasteiger charge is -2.24. The lowest BCUT2D eigenvalue weighted by Crippen LogP contribution is -2.39. The minimum atomic E-state index is -1.05. The first-order valence-corrected chi connectivity index (χ1v) is 10.8. The van der Waals surface area contributed by atoms with Gasteiger partial charge in [0.25, 0.3) is 5.91 Å². The molecule has 2 aromatic carbocycles. The Hall–Kier alpha value is -2.58. The van der Waals surface area contributed by atoms with Crippen molar-refractivity contribution < 1.29 is 18.3 Å². The highest BCUT2D eigenvalue weighted by Gasteiger charge is 2.23. The van der Waals surface area contributed by atoms with Gasteiger partial charge in [-0.05, 0) is 56.4 Å². The van der Waals surface area contributed by atoms with Crippen LogP contribution in [0.15, 0.2) is 36.4 Å². The smallest absolute Gasteiger partial charge is 0.260 e. The fraction of sp³-hybridized carbons (Fsp3) is 0.364. The monoisotopic (exact) mass is 433 g/mol. The molecule has 1 amide bonds. The van der Waals surface area contributed by atoms with Crippen molar-refractivity contribution >= 4 is 32.6 Å². The highest BCUT2D eigenvalue weighted by Crippen LogP contribution is 2.32. The molecule has 0 radical (unpaired) electrons. The number of anilines is 1. The van der Waals surface area contributed by atoms with Crippen LogP contribution in [0.1, 0.15) is 31.1 Å². The Morgan fingerprint density at radius 2 is 1.80 bits per heavy atom. The highest BCUT2D eigenvalue weighted by atomic mass is 32.1. The molecule has 5 nitrogen and oxygen atoms in total. The van der Waals surface area contributed by atoms with Gasteiger partial charge in [-0.3, -0.25) is 9.69 Å². The number of hydrogen-bond acceptors (Lipinski definition) is 5. The van der Waals surface area contributed by atoms with Crippen molar-refractivity contribution in [1.29, 1.82) is 0 Å². The normalized spacial score (nSPS) is 11.3. The summed E-state index contributed by atoms with van der Waals surface area (Å²) in [5.74, 6) is -1.70. The van der Waals surface area contributed by atoms with E-state index in [9.17, 15) is 13.6 Å². The zero-order valence-corrected chi connectivity index (χ0v) is 18.1. The number of fused-ring (bicyclic) bond motifs is 1. The van der Waals surface area contributed by atoms with Crippen molar-refractivity contribution in [2.45, 2.75) is 20.8 Å². The Morgan fingerprint density at radius 1 is 1.03 bits per heavy atom. The quantitative estimate of drug-likeness (QED) is 0.478. The number of carbonyl (C=O) groups excluding carboxylic acids is 1. The van der Waals surface area contributed by atoms with E-state index in [1.165, 1.54) is 22.3 Å². The molecule has 3 rings (SSSR count). The molecular formula is C22H25F2N3O2S. The molecule has 0 bridgehead atoms. The molecule has 1 heterocycles. The van der Waals surface area contributed by atoms with Crippen LogP contribution in [0.3, 0.4) is 0 Å². The zero-order valence-electron chi connectivity index (χ0n) is 17.3. The Labute approximate surface area is 178 Å². The first kappa shape index (κ1) is 22.1. The number of rotatable bonds is 9. The number of aromatic nitrogens is 1. The zero-order chi connectivity index (χ0) is 21.7. The topological polar surface area (TPSA) is 45.7 Å². The van der Waals surface area contributed by atoms with Gasteiger partial charge in [-0.1, -0.05) is 25.2 Å². The van der Waals surface area contributed by atoms with Crippen molar-refractivity contribution in [2.75, 3.05) is 37.7 Å². The molecule has 0 N–H and O–H groups in total. The molecule has 0 atom stereocenters. The minimum Gasteiger partial charge on any atom is -0.494 e. The first-order chi connectivity index (χ1) is 14.5. The molecule has 0 saturated carbocycles. The van der Waals surface area contributed by atoms with E-state index in [1.807, 2.05) is 25.1 Å². The summed E-state index contributed by atoms with van der Waals surface area (Å²) in [7, 11) is 0. The largest absolute Gasteiger partial charge is 0.494 e. The lowest BCUT2D eigenvalue weighted by atomic mass is 10.2. The van der Waals surface area contributed by atoms with Crippen LogP contribution >= 0.6 is 11.3 Å². The van der Waals surface area contributed by atoms with Crippen LogP contribution in [-0.2, 0) is 0 Å². The van der Waals surface area contributed by atoms with Crippen molar-refractivity contribution in [2.24, 2.45) is 0 Å². The number of benzene rings is 2. The van der Waals surface area contributed by atoms with Gasteiger partial charge >= 0.3 is 0 Å². The maximum atomic E-state index is 13.7. The first-order valence-electron chi connectivity index (χ1n) is 9.99. The molecular weight excluding hydrogens is 408 g/mol. The Balaban J connectivity index is 1.96. The van der Waals surface area contributed by atoms with Crippen LogP contribution in [0, 0.1) is 11.6 Å². The van der Waals surface area contributed by atoms with E-state index in [2.05, 4.69) is 23.7 Å². The van der Waals surface area contributed by atoms with E-state index in [0.29, 0.717) is 24.8 Å². The van der Waals surface area contributed by atoms with Crippen molar-refractivity contribution in [1.82, 2.24) is 9.88 Å². The fourth-order valence-corrected chi connectivity index (χ4v) is 4.13. The molecule has 0 saturated heterocycles. The molecule has 3 aromatic rings. The van der Waals surface area contributed by atoms with Crippen LogP contribution < -0.4 is 9.64 Å². The molecule has 0 aliphatic rings. The Bertz CT molecular complexity index is 1020. The van der Waals surface area contributed by atoms with E-state index < -0.39 is 17.5 Å². The fourth-order valence-electron chi connectivity index (χ4n) is 3.11. The van der Waals surface area contributed by atoms with E-state index in [0.717, 1.165) is 41.2 Å². The number of thiazole rings is 1. The van der Waals surface area contributed by atoms with Crippen LogP contribution in [0.2, 0.25) is 0 Å². The van der Waals surface area contributed by atoms with Gasteiger partial charge in [-0.25, -0.2) is 13.8 Å². The van der Waals surface area contributed by atoms with E-state index in [1.54, 1.807) is 0 Å². The Morgan fingerprint density at radius 3 is 2.47 bits per heavy atom. The lowest BCUT2D eigenvalue weighted by molar-refractivity contribution is 0.0983. The molecule has 0 aliphatic heterocycles. The number of halogens is 2. The molecule has 160 valence electrons. The third-order valence-electron chi connectivity index (χ3n) is 4.84. The molecule has 0 spiro atoms. The van der Waals surface area contributed by atoms with Crippen molar-refractivity contribution in [3.05, 3.63) is 53.6 Å². The molecule has 1 aromatic heterocycles. The van der Waals surface area contributed by atoms with Crippen LogP contribution in [0.4, 0.5) is 13.9 Å². The number of nitrogens with zero attached hydrogens (tertiary/aromatic N) is 3. The van der Waals surface area contributed by atoms with Crippen LogP contribution in [0.25, 0.3) is 10.2 Å². The van der Waals surface area contributed by atoms with Gasteiger partial charge in [0.2, 0.25) is 0 Å². The maximum Gasteiger partial charge on any atom is 0.260 e. The standard InChI is InChI=1S/C22H25F2N3O2S/c1-4-26(5-2)11-12-27(21(28)15-7-9-17(23)18(24)13-15)22-25-19-10-8-16(29-6-3)14-20(19)30-22/h7-10,13-14H,4-6,11-12H2,1-3H3. The number of likely N-dealkylation sites (N-methyl/N-ethyl adjacent to an activating group) is 1. The third-order valence-corrected chi connectivity index (χ3v) is 5.88. The predicted molar refractivity (Wildman–Crippen MR) is 117 cm³/mol. The Kier molecular flexibility index (Phi) is 7.33. The van der Waals surface area contributed by atoms with Crippen molar-refractivity contribution in [3.8, 4) is 5.75 Å². The highest BCUT2D eigenvalue weighted by molar-refractivity contribution is 7.22. The average molecular weight is 434 g/mol. The second kappa shape index (κ2) is 9.95. The van der Waals surface area contributed by atoms with Gasteiger partial charge in [0.05, 0.1) is 16.8 Å². The number of hydrogen-bond donors (Lipinski definition) is 0. The summed E-state index contributed by atoms with van der Waals surface area (Å²) in [5.41, 5.74) is 0.840. The van der Waals surface area contributed by atoms with Gasteiger partial charge in [-0.15, -0.1) is 0 Å².